The maximum Gasteiger partial charge on any atom is 0.318 e. The second-order valence-electron chi connectivity index (χ2n) is 9.59. The first kappa shape index (κ1) is 23.4. The maximum absolute atomic E-state index is 15.0. The number of para-hydroxylation sites is 1. The number of H-pyrrole nitrogens is 1. The number of nitrogens with one attached hydrogen (secondary N) is 2. The van der Waals surface area contributed by atoms with Gasteiger partial charge in [-0.05, 0) is 62.6 Å². The minimum atomic E-state index is -0.521. The van der Waals surface area contributed by atoms with E-state index in [1.165, 1.54) is 6.07 Å². The molecule has 0 unspecified atom stereocenters. The maximum atomic E-state index is 15.0. The smallest absolute Gasteiger partial charge is 0.318 e. The van der Waals surface area contributed by atoms with Crippen LogP contribution in [0.5, 0.6) is 0 Å². The third kappa shape index (κ3) is 4.64. The summed E-state index contributed by atoms with van der Waals surface area (Å²) < 4.78 is 20.1. The molecule has 2 N–H and O–H groups in total. The van der Waals surface area contributed by atoms with Crippen molar-refractivity contribution < 1.29 is 18.7 Å². The van der Waals surface area contributed by atoms with E-state index in [9.17, 15) is 14.0 Å². The van der Waals surface area contributed by atoms with Gasteiger partial charge in [-0.25, -0.2) is 9.18 Å². The van der Waals surface area contributed by atoms with E-state index < -0.39 is 6.04 Å². The number of carbonyl (C=O) groups is 2. The lowest BCUT2D eigenvalue weighted by Gasteiger charge is -2.37. The van der Waals surface area contributed by atoms with Crippen LogP contribution in [0.1, 0.15) is 55.5 Å². The zero-order valence-electron chi connectivity index (χ0n) is 20.1. The summed E-state index contributed by atoms with van der Waals surface area (Å²) in [7, 11) is 0. The van der Waals surface area contributed by atoms with Crippen molar-refractivity contribution in [1.29, 1.82) is 0 Å². The molecule has 184 valence electrons. The van der Waals surface area contributed by atoms with Gasteiger partial charge in [0.15, 0.2) is 0 Å². The SMILES string of the molecule is CCOC(=O)C1CCC(CNC(=O)N2CCc3c([nH]c4ccccc34)[C@@H]2c2ccccc2F)CC1. The molecule has 0 radical (unpaired) electrons. The molecule has 2 aliphatic rings. The number of halogens is 1. The molecule has 3 aromatic rings. The van der Waals surface area contributed by atoms with Crippen molar-refractivity contribution >= 4 is 22.9 Å². The van der Waals surface area contributed by atoms with Gasteiger partial charge in [0, 0.05) is 35.2 Å². The number of urea groups is 1. The number of rotatable bonds is 5. The number of benzene rings is 2. The average molecular weight is 478 g/mol. The average Bonchev–Trinajstić information content (AvgIpc) is 3.26. The summed E-state index contributed by atoms with van der Waals surface area (Å²) in [6.07, 6.45) is 4.06. The highest BCUT2D eigenvalue weighted by Gasteiger charge is 2.36. The Kier molecular flexibility index (Phi) is 6.75. The Balaban J connectivity index is 1.33. The number of ether oxygens (including phenoxy) is 1. The summed E-state index contributed by atoms with van der Waals surface area (Å²) in [4.78, 5) is 30.7. The lowest BCUT2D eigenvalue weighted by Crippen LogP contribution is -2.47. The minimum Gasteiger partial charge on any atom is -0.466 e. The summed E-state index contributed by atoms with van der Waals surface area (Å²) in [5, 5.41) is 4.24. The number of aromatic amines is 1. The fraction of sp³-hybridized carbons (Fsp3) is 0.429. The molecule has 0 saturated heterocycles. The second kappa shape index (κ2) is 10.1. The Labute approximate surface area is 204 Å². The molecule has 35 heavy (non-hydrogen) atoms. The van der Waals surface area contributed by atoms with Crippen LogP contribution in [0.25, 0.3) is 10.9 Å². The monoisotopic (exact) mass is 477 g/mol. The lowest BCUT2D eigenvalue weighted by atomic mass is 9.82. The number of amides is 2. The van der Waals surface area contributed by atoms with Gasteiger partial charge in [-0.15, -0.1) is 0 Å². The highest BCUT2D eigenvalue weighted by molar-refractivity contribution is 5.86. The van der Waals surface area contributed by atoms with Gasteiger partial charge in [0.25, 0.3) is 0 Å². The lowest BCUT2D eigenvalue weighted by molar-refractivity contribution is -0.149. The predicted octanol–water partition coefficient (Wildman–Crippen LogP) is 5.33. The van der Waals surface area contributed by atoms with E-state index in [0.29, 0.717) is 37.6 Å². The summed E-state index contributed by atoms with van der Waals surface area (Å²) in [5.74, 6) is -0.135. The quantitative estimate of drug-likeness (QED) is 0.488. The number of aromatic nitrogens is 1. The zero-order chi connectivity index (χ0) is 24.4. The fourth-order valence-corrected chi connectivity index (χ4v) is 5.68. The summed E-state index contributed by atoms with van der Waals surface area (Å²) in [6, 6.07) is 14.1. The number of esters is 1. The molecule has 0 spiro atoms. The molecule has 1 aromatic heterocycles. The van der Waals surface area contributed by atoms with Gasteiger partial charge in [0.05, 0.1) is 12.5 Å². The standard InChI is InChI=1S/C28H32FN3O3/c1-2-35-27(33)19-13-11-18(12-14-19)17-30-28(34)32-16-15-21-20-7-4-6-10-24(20)31-25(21)26(32)22-8-3-5-9-23(22)29/h3-10,18-19,26,31H,2,11-17H2,1H3,(H,30,34)/t18?,19?,26-/m0/s1. The van der Waals surface area contributed by atoms with Crippen molar-refractivity contribution in [2.75, 3.05) is 19.7 Å². The van der Waals surface area contributed by atoms with Crippen LogP contribution in [-0.2, 0) is 16.0 Å². The third-order valence-corrected chi connectivity index (χ3v) is 7.50. The topological polar surface area (TPSA) is 74.4 Å². The second-order valence-corrected chi connectivity index (χ2v) is 9.59. The summed E-state index contributed by atoms with van der Waals surface area (Å²) in [6.45, 7) is 3.29. The Morgan fingerprint density at radius 2 is 1.83 bits per heavy atom. The number of hydrogen-bond acceptors (Lipinski definition) is 3. The molecule has 2 amide bonds. The van der Waals surface area contributed by atoms with Gasteiger partial charge < -0.3 is 19.9 Å². The van der Waals surface area contributed by atoms with E-state index >= 15 is 0 Å². The van der Waals surface area contributed by atoms with E-state index in [-0.39, 0.29) is 23.7 Å². The van der Waals surface area contributed by atoms with Crippen LogP contribution >= 0.6 is 0 Å². The molecule has 1 saturated carbocycles. The number of fused-ring (bicyclic) bond motifs is 3. The zero-order valence-corrected chi connectivity index (χ0v) is 20.1. The Morgan fingerprint density at radius 3 is 2.60 bits per heavy atom. The van der Waals surface area contributed by atoms with Gasteiger partial charge in [0.1, 0.15) is 11.9 Å². The molecule has 1 aliphatic heterocycles. The summed E-state index contributed by atoms with van der Waals surface area (Å²) >= 11 is 0. The first-order valence-corrected chi connectivity index (χ1v) is 12.6. The minimum absolute atomic E-state index is 0.0325. The molecule has 1 aliphatic carbocycles. The van der Waals surface area contributed by atoms with Gasteiger partial charge in [0.2, 0.25) is 0 Å². The van der Waals surface area contributed by atoms with Crippen LogP contribution in [0.3, 0.4) is 0 Å². The molecule has 0 bridgehead atoms. The van der Waals surface area contributed by atoms with E-state index in [2.05, 4.69) is 16.4 Å². The molecule has 5 rings (SSSR count). The molecular formula is C28H32FN3O3. The Morgan fingerprint density at radius 1 is 1.09 bits per heavy atom. The third-order valence-electron chi connectivity index (χ3n) is 7.50. The van der Waals surface area contributed by atoms with Crippen molar-refractivity contribution in [3.8, 4) is 0 Å². The van der Waals surface area contributed by atoms with Crippen LogP contribution in [-0.4, -0.2) is 41.6 Å². The molecule has 1 fully saturated rings. The first-order chi connectivity index (χ1) is 17.1. The Hall–Kier alpha value is -3.35. The number of hydrogen-bond donors (Lipinski definition) is 2. The first-order valence-electron chi connectivity index (χ1n) is 12.6. The van der Waals surface area contributed by atoms with Crippen molar-refractivity contribution in [2.24, 2.45) is 11.8 Å². The predicted molar refractivity (Wildman–Crippen MR) is 132 cm³/mol. The van der Waals surface area contributed by atoms with Crippen molar-refractivity contribution in [1.82, 2.24) is 15.2 Å². The Bertz CT molecular complexity index is 1220. The largest absolute Gasteiger partial charge is 0.466 e. The van der Waals surface area contributed by atoms with Crippen LogP contribution in [0.15, 0.2) is 48.5 Å². The van der Waals surface area contributed by atoms with E-state index in [0.717, 1.165) is 47.8 Å². The van der Waals surface area contributed by atoms with Crippen LogP contribution in [0.4, 0.5) is 9.18 Å². The van der Waals surface area contributed by atoms with Crippen molar-refractivity contribution in [3.63, 3.8) is 0 Å². The van der Waals surface area contributed by atoms with Crippen LogP contribution in [0.2, 0.25) is 0 Å². The van der Waals surface area contributed by atoms with E-state index in [1.54, 1.807) is 17.0 Å². The highest BCUT2D eigenvalue weighted by Crippen LogP contribution is 2.39. The fourth-order valence-electron chi connectivity index (χ4n) is 5.68. The molecular weight excluding hydrogens is 445 g/mol. The molecule has 7 heteroatoms. The van der Waals surface area contributed by atoms with Gasteiger partial charge in [-0.3, -0.25) is 4.79 Å². The highest BCUT2D eigenvalue weighted by atomic mass is 19.1. The van der Waals surface area contributed by atoms with E-state index in [1.807, 2.05) is 31.2 Å². The van der Waals surface area contributed by atoms with Crippen molar-refractivity contribution in [2.45, 2.75) is 45.1 Å². The molecule has 6 nitrogen and oxygen atoms in total. The van der Waals surface area contributed by atoms with Crippen LogP contribution < -0.4 is 5.32 Å². The van der Waals surface area contributed by atoms with Gasteiger partial charge in [-0.2, -0.15) is 0 Å². The molecule has 2 heterocycles. The molecule has 1 atom stereocenters. The normalized spacial score (nSPS) is 22.0. The van der Waals surface area contributed by atoms with E-state index in [4.69, 9.17) is 4.74 Å². The number of carbonyl (C=O) groups excluding carboxylic acids is 2. The number of nitrogens with zero attached hydrogens (tertiary/aromatic N) is 1. The van der Waals surface area contributed by atoms with Crippen molar-refractivity contribution in [3.05, 3.63) is 71.2 Å². The van der Waals surface area contributed by atoms with Crippen LogP contribution in [0, 0.1) is 17.7 Å². The summed E-state index contributed by atoms with van der Waals surface area (Å²) in [5.41, 5.74) is 3.52. The van der Waals surface area contributed by atoms with Gasteiger partial charge in [-0.1, -0.05) is 36.4 Å². The van der Waals surface area contributed by atoms with Gasteiger partial charge >= 0.3 is 12.0 Å². The molecule has 2 aromatic carbocycles.